The standard InChI is InChI=1S/C20H30N2O/c23-20(10-13-21-19-8-4-5-9-19)22-14-11-18(12-15-22)16-17-6-2-1-3-7-17/h1-3,6-7,18-19,21H,4-5,8-16H2. The second-order valence-electron chi connectivity index (χ2n) is 7.20. The molecule has 1 aliphatic carbocycles. The lowest BCUT2D eigenvalue weighted by Gasteiger charge is -2.32. The number of amides is 1. The molecule has 0 radical (unpaired) electrons. The summed E-state index contributed by atoms with van der Waals surface area (Å²) in [6, 6.07) is 11.4. The summed E-state index contributed by atoms with van der Waals surface area (Å²) < 4.78 is 0. The molecule has 0 aromatic heterocycles. The lowest BCUT2D eigenvalue weighted by molar-refractivity contribution is -0.132. The van der Waals surface area contributed by atoms with Crippen LogP contribution in [0.15, 0.2) is 30.3 Å². The third-order valence-electron chi connectivity index (χ3n) is 5.46. The number of nitrogens with zero attached hydrogens (tertiary/aromatic N) is 1. The highest BCUT2D eigenvalue weighted by Crippen LogP contribution is 2.22. The van der Waals surface area contributed by atoms with Crippen LogP contribution in [0.1, 0.15) is 50.5 Å². The van der Waals surface area contributed by atoms with E-state index in [1.165, 1.54) is 31.2 Å². The van der Waals surface area contributed by atoms with Gasteiger partial charge >= 0.3 is 0 Å². The van der Waals surface area contributed by atoms with Crippen LogP contribution in [-0.4, -0.2) is 36.5 Å². The van der Waals surface area contributed by atoms with E-state index in [0.717, 1.165) is 44.8 Å². The Hall–Kier alpha value is -1.35. The Bertz CT molecular complexity index is 474. The van der Waals surface area contributed by atoms with Crippen molar-refractivity contribution >= 4 is 5.91 Å². The molecular formula is C20H30N2O. The second-order valence-corrected chi connectivity index (χ2v) is 7.20. The molecule has 126 valence electrons. The molecule has 1 aliphatic heterocycles. The molecular weight excluding hydrogens is 284 g/mol. The largest absolute Gasteiger partial charge is 0.343 e. The van der Waals surface area contributed by atoms with E-state index in [9.17, 15) is 4.79 Å². The number of nitrogens with one attached hydrogen (secondary N) is 1. The molecule has 3 rings (SSSR count). The molecule has 1 aromatic rings. The number of carbonyl (C=O) groups excluding carboxylic acids is 1. The molecule has 3 heteroatoms. The van der Waals surface area contributed by atoms with Crippen molar-refractivity contribution in [1.82, 2.24) is 10.2 Å². The minimum Gasteiger partial charge on any atom is -0.343 e. The molecule has 23 heavy (non-hydrogen) atoms. The molecule has 0 bridgehead atoms. The number of carbonyl (C=O) groups is 1. The highest BCUT2D eigenvalue weighted by Gasteiger charge is 2.23. The molecule has 1 saturated carbocycles. The lowest BCUT2D eigenvalue weighted by Crippen LogP contribution is -2.40. The van der Waals surface area contributed by atoms with Gasteiger partial charge in [-0.05, 0) is 43.6 Å². The third kappa shape index (κ3) is 5.07. The van der Waals surface area contributed by atoms with Gasteiger partial charge in [-0.2, -0.15) is 0 Å². The summed E-state index contributed by atoms with van der Waals surface area (Å²) in [4.78, 5) is 14.4. The van der Waals surface area contributed by atoms with Gasteiger partial charge in [-0.15, -0.1) is 0 Å². The van der Waals surface area contributed by atoms with Gasteiger partial charge in [-0.3, -0.25) is 4.79 Å². The maximum absolute atomic E-state index is 12.3. The van der Waals surface area contributed by atoms with Gasteiger partial charge in [0.2, 0.25) is 5.91 Å². The molecule has 1 amide bonds. The first-order valence-electron chi connectivity index (χ1n) is 9.36. The highest BCUT2D eigenvalue weighted by atomic mass is 16.2. The Balaban J connectivity index is 1.34. The summed E-state index contributed by atoms with van der Waals surface area (Å²) in [5, 5.41) is 3.55. The zero-order valence-electron chi connectivity index (χ0n) is 14.2. The van der Waals surface area contributed by atoms with Crippen LogP contribution in [0.25, 0.3) is 0 Å². The molecule has 1 aromatic carbocycles. The fourth-order valence-corrected chi connectivity index (χ4v) is 4.01. The van der Waals surface area contributed by atoms with Crippen molar-refractivity contribution in [2.75, 3.05) is 19.6 Å². The quantitative estimate of drug-likeness (QED) is 0.873. The molecule has 1 N–H and O–H groups in total. The molecule has 2 fully saturated rings. The van der Waals surface area contributed by atoms with Crippen LogP contribution in [0.4, 0.5) is 0 Å². The van der Waals surface area contributed by atoms with Gasteiger partial charge < -0.3 is 10.2 Å². The van der Waals surface area contributed by atoms with Crippen LogP contribution < -0.4 is 5.32 Å². The lowest BCUT2D eigenvalue weighted by atomic mass is 9.90. The first kappa shape index (κ1) is 16.5. The SMILES string of the molecule is O=C(CCNC1CCCC1)N1CCC(Cc2ccccc2)CC1. The Labute approximate surface area is 140 Å². The summed E-state index contributed by atoms with van der Waals surface area (Å²) in [6.07, 6.45) is 9.40. The molecule has 1 saturated heterocycles. The first-order chi connectivity index (χ1) is 11.3. The smallest absolute Gasteiger partial charge is 0.223 e. The molecule has 0 atom stereocenters. The summed E-state index contributed by atoms with van der Waals surface area (Å²) >= 11 is 0. The van der Waals surface area contributed by atoms with Gasteiger partial charge in [0.05, 0.1) is 0 Å². The van der Waals surface area contributed by atoms with E-state index in [0.29, 0.717) is 18.4 Å². The van der Waals surface area contributed by atoms with E-state index >= 15 is 0 Å². The second kappa shape index (κ2) is 8.49. The van der Waals surface area contributed by atoms with E-state index in [1.807, 2.05) is 0 Å². The van der Waals surface area contributed by atoms with Crippen molar-refractivity contribution in [2.24, 2.45) is 5.92 Å². The topological polar surface area (TPSA) is 32.3 Å². The zero-order chi connectivity index (χ0) is 15.9. The average molecular weight is 314 g/mol. The normalized spacial score (nSPS) is 20.1. The predicted molar refractivity (Wildman–Crippen MR) is 94.3 cm³/mol. The van der Waals surface area contributed by atoms with Gasteiger partial charge in [0.15, 0.2) is 0 Å². The molecule has 2 aliphatic rings. The van der Waals surface area contributed by atoms with Crippen LogP contribution in [0.5, 0.6) is 0 Å². The number of hydrogen-bond donors (Lipinski definition) is 1. The van der Waals surface area contributed by atoms with Gasteiger partial charge in [0, 0.05) is 32.1 Å². The number of benzene rings is 1. The van der Waals surface area contributed by atoms with Gasteiger partial charge in [-0.1, -0.05) is 43.2 Å². The van der Waals surface area contributed by atoms with Gasteiger partial charge in [0.25, 0.3) is 0 Å². The number of hydrogen-bond acceptors (Lipinski definition) is 2. The van der Waals surface area contributed by atoms with Gasteiger partial charge in [0.1, 0.15) is 0 Å². The van der Waals surface area contributed by atoms with Crippen molar-refractivity contribution in [3.63, 3.8) is 0 Å². The van der Waals surface area contributed by atoms with E-state index < -0.39 is 0 Å². The van der Waals surface area contributed by atoms with Crippen molar-refractivity contribution in [2.45, 2.75) is 57.4 Å². The molecule has 1 heterocycles. The van der Waals surface area contributed by atoms with E-state index in [2.05, 4.69) is 40.5 Å². The van der Waals surface area contributed by atoms with Crippen LogP contribution >= 0.6 is 0 Å². The average Bonchev–Trinajstić information content (AvgIpc) is 3.10. The summed E-state index contributed by atoms with van der Waals surface area (Å²) in [5.41, 5.74) is 1.43. The minimum atomic E-state index is 0.341. The maximum Gasteiger partial charge on any atom is 0.223 e. The number of likely N-dealkylation sites (tertiary alicyclic amines) is 1. The fraction of sp³-hybridized carbons (Fsp3) is 0.650. The fourth-order valence-electron chi connectivity index (χ4n) is 4.01. The van der Waals surface area contributed by atoms with Crippen LogP contribution in [-0.2, 0) is 11.2 Å². The van der Waals surface area contributed by atoms with Crippen molar-refractivity contribution in [3.05, 3.63) is 35.9 Å². The Kier molecular flexibility index (Phi) is 6.09. The van der Waals surface area contributed by atoms with Crippen molar-refractivity contribution < 1.29 is 4.79 Å². The highest BCUT2D eigenvalue weighted by molar-refractivity contribution is 5.76. The van der Waals surface area contributed by atoms with Crippen molar-refractivity contribution in [3.8, 4) is 0 Å². The Morgan fingerprint density at radius 3 is 2.43 bits per heavy atom. The number of piperidine rings is 1. The Morgan fingerprint density at radius 1 is 1.04 bits per heavy atom. The zero-order valence-corrected chi connectivity index (χ0v) is 14.2. The number of rotatable bonds is 6. The molecule has 3 nitrogen and oxygen atoms in total. The maximum atomic E-state index is 12.3. The Morgan fingerprint density at radius 2 is 1.74 bits per heavy atom. The van der Waals surface area contributed by atoms with E-state index in [1.54, 1.807) is 0 Å². The molecule has 0 unspecified atom stereocenters. The summed E-state index contributed by atoms with van der Waals surface area (Å²) in [5.74, 6) is 1.08. The van der Waals surface area contributed by atoms with E-state index in [-0.39, 0.29) is 0 Å². The van der Waals surface area contributed by atoms with Gasteiger partial charge in [-0.25, -0.2) is 0 Å². The minimum absolute atomic E-state index is 0.341. The van der Waals surface area contributed by atoms with E-state index in [4.69, 9.17) is 0 Å². The summed E-state index contributed by atoms with van der Waals surface area (Å²) in [7, 11) is 0. The first-order valence-corrected chi connectivity index (χ1v) is 9.36. The van der Waals surface area contributed by atoms with Crippen LogP contribution in [0.2, 0.25) is 0 Å². The van der Waals surface area contributed by atoms with Crippen molar-refractivity contribution in [1.29, 1.82) is 0 Å². The van der Waals surface area contributed by atoms with Crippen LogP contribution in [0.3, 0.4) is 0 Å². The predicted octanol–water partition coefficient (Wildman–Crippen LogP) is 3.39. The monoisotopic (exact) mass is 314 g/mol. The summed E-state index contributed by atoms with van der Waals surface area (Å²) in [6.45, 7) is 2.74. The molecule has 0 spiro atoms. The van der Waals surface area contributed by atoms with Crippen LogP contribution in [0, 0.1) is 5.92 Å². The third-order valence-corrected chi connectivity index (χ3v) is 5.46.